The first-order valence-corrected chi connectivity index (χ1v) is 6.48. The predicted molar refractivity (Wildman–Crippen MR) is 75.0 cm³/mol. The normalized spacial score (nSPS) is 10.6. The molecular formula is C15H17FN2O3. The van der Waals surface area contributed by atoms with Crippen molar-refractivity contribution in [3.8, 4) is 0 Å². The van der Waals surface area contributed by atoms with Gasteiger partial charge in [0, 0.05) is 24.8 Å². The van der Waals surface area contributed by atoms with E-state index in [0.717, 1.165) is 11.1 Å². The fourth-order valence-electron chi connectivity index (χ4n) is 1.98. The van der Waals surface area contributed by atoms with Crippen LogP contribution >= 0.6 is 0 Å². The van der Waals surface area contributed by atoms with Crippen molar-refractivity contribution in [3.63, 3.8) is 0 Å². The molecule has 2 rings (SSSR count). The molecule has 0 fully saturated rings. The van der Waals surface area contributed by atoms with E-state index in [2.05, 4.69) is 15.0 Å². The molecule has 0 aliphatic heterocycles. The predicted octanol–water partition coefficient (Wildman–Crippen LogP) is 1.72. The molecule has 3 N–H and O–H groups in total. The van der Waals surface area contributed by atoms with Crippen LogP contribution in [0.2, 0.25) is 0 Å². The van der Waals surface area contributed by atoms with Gasteiger partial charge in [0.2, 0.25) is 0 Å². The SMILES string of the molecule is COC(=O)c1cc(CNCc2ccc(F)c(CO)c2)c[nH]1. The van der Waals surface area contributed by atoms with Gasteiger partial charge < -0.3 is 20.1 Å². The maximum Gasteiger partial charge on any atom is 0.354 e. The number of nitrogens with one attached hydrogen (secondary N) is 2. The van der Waals surface area contributed by atoms with Crippen molar-refractivity contribution in [2.24, 2.45) is 0 Å². The lowest BCUT2D eigenvalue weighted by Gasteiger charge is -2.06. The van der Waals surface area contributed by atoms with E-state index in [4.69, 9.17) is 5.11 Å². The number of aliphatic hydroxyl groups excluding tert-OH is 1. The summed E-state index contributed by atoms with van der Waals surface area (Å²) in [5.74, 6) is -0.818. The van der Waals surface area contributed by atoms with E-state index in [0.29, 0.717) is 18.8 Å². The van der Waals surface area contributed by atoms with E-state index in [9.17, 15) is 9.18 Å². The lowest BCUT2D eigenvalue weighted by atomic mass is 10.1. The van der Waals surface area contributed by atoms with Crippen LogP contribution in [0, 0.1) is 5.82 Å². The number of carbonyl (C=O) groups is 1. The van der Waals surface area contributed by atoms with Gasteiger partial charge in [-0.1, -0.05) is 6.07 Å². The number of aromatic nitrogens is 1. The van der Waals surface area contributed by atoms with Gasteiger partial charge in [-0.05, 0) is 29.3 Å². The second-order valence-corrected chi connectivity index (χ2v) is 4.60. The zero-order valence-corrected chi connectivity index (χ0v) is 11.6. The molecule has 0 atom stereocenters. The molecule has 0 amide bonds. The number of hydrogen-bond acceptors (Lipinski definition) is 4. The smallest absolute Gasteiger partial charge is 0.354 e. The Balaban J connectivity index is 1.89. The van der Waals surface area contributed by atoms with Crippen LogP contribution in [0.1, 0.15) is 27.2 Å². The Kier molecular flexibility index (Phi) is 5.08. The molecule has 6 heteroatoms. The Labute approximate surface area is 121 Å². The van der Waals surface area contributed by atoms with Crippen LogP contribution in [0.25, 0.3) is 0 Å². The van der Waals surface area contributed by atoms with Crippen LogP contribution in [-0.4, -0.2) is 23.2 Å². The molecule has 2 aromatic rings. The molecule has 0 unspecified atom stereocenters. The first-order chi connectivity index (χ1) is 10.1. The highest BCUT2D eigenvalue weighted by Gasteiger charge is 2.08. The van der Waals surface area contributed by atoms with Gasteiger partial charge >= 0.3 is 5.97 Å². The molecule has 0 radical (unpaired) electrons. The first-order valence-electron chi connectivity index (χ1n) is 6.48. The molecule has 1 aromatic heterocycles. The highest BCUT2D eigenvalue weighted by molar-refractivity contribution is 5.87. The summed E-state index contributed by atoms with van der Waals surface area (Å²) >= 11 is 0. The molecule has 0 bridgehead atoms. The number of esters is 1. The molecule has 0 aliphatic carbocycles. The van der Waals surface area contributed by atoms with Crippen molar-refractivity contribution in [3.05, 3.63) is 58.7 Å². The van der Waals surface area contributed by atoms with Gasteiger partial charge in [0.25, 0.3) is 0 Å². The average Bonchev–Trinajstić information content (AvgIpc) is 2.97. The number of halogens is 1. The van der Waals surface area contributed by atoms with Crippen molar-refractivity contribution >= 4 is 5.97 Å². The molecule has 0 spiro atoms. The van der Waals surface area contributed by atoms with Crippen LogP contribution in [0.5, 0.6) is 0 Å². The third kappa shape index (κ3) is 3.90. The second-order valence-electron chi connectivity index (χ2n) is 4.60. The second kappa shape index (κ2) is 7.01. The molecule has 0 saturated heterocycles. The Morgan fingerprint density at radius 3 is 2.81 bits per heavy atom. The summed E-state index contributed by atoms with van der Waals surface area (Å²) < 4.78 is 17.9. The summed E-state index contributed by atoms with van der Waals surface area (Å²) in [6.45, 7) is 0.769. The zero-order chi connectivity index (χ0) is 15.2. The van der Waals surface area contributed by atoms with Crippen molar-refractivity contribution in [1.82, 2.24) is 10.3 Å². The molecule has 0 saturated carbocycles. The standard InChI is InChI=1S/C15H17FN2O3/c1-21-15(20)14-5-11(8-18-14)7-17-6-10-2-3-13(16)12(4-10)9-19/h2-5,8,17-19H,6-7,9H2,1H3. The van der Waals surface area contributed by atoms with Crippen LogP contribution in [0.3, 0.4) is 0 Å². The summed E-state index contributed by atoms with van der Waals surface area (Å²) in [6.07, 6.45) is 1.73. The third-order valence-corrected chi connectivity index (χ3v) is 3.09. The van der Waals surface area contributed by atoms with E-state index in [1.165, 1.54) is 13.2 Å². The van der Waals surface area contributed by atoms with Crippen LogP contribution in [0.4, 0.5) is 4.39 Å². The number of rotatable bonds is 6. The van der Waals surface area contributed by atoms with Gasteiger partial charge in [0.15, 0.2) is 0 Å². The first kappa shape index (κ1) is 15.2. The number of aromatic amines is 1. The largest absolute Gasteiger partial charge is 0.464 e. The fraction of sp³-hybridized carbons (Fsp3) is 0.267. The number of H-pyrrole nitrogens is 1. The Bertz CT molecular complexity index is 625. The van der Waals surface area contributed by atoms with Crippen molar-refractivity contribution in [2.75, 3.05) is 7.11 Å². The van der Waals surface area contributed by atoms with E-state index >= 15 is 0 Å². The highest BCUT2D eigenvalue weighted by Crippen LogP contribution is 2.11. The highest BCUT2D eigenvalue weighted by atomic mass is 19.1. The summed E-state index contributed by atoms with van der Waals surface area (Å²) in [7, 11) is 1.33. The molecule has 5 nitrogen and oxygen atoms in total. The molecule has 1 heterocycles. The fourth-order valence-corrected chi connectivity index (χ4v) is 1.98. The van der Waals surface area contributed by atoms with Crippen molar-refractivity contribution < 1.29 is 19.0 Å². The van der Waals surface area contributed by atoms with Gasteiger partial charge in [0.1, 0.15) is 11.5 Å². The maximum absolute atomic E-state index is 13.2. The Hall–Kier alpha value is -2.18. The average molecular weight is 292 g/mol. The molecule has 1 aromatic carbocycles. The minimum atomic E-state index is -0.410. The van der Waals surface area contributed by atoms with Gasteiger partial charge in [0.05, 0.1) is 13.7 Å². The van der Waals surface area contributed by atoms with Gasteiger partial charge in [-0.15, -0.1) is 0 Å². The minimum absolute atomic E-state index is 0.281. The van der Waals surface area contributed by atoms with Gasteiger partial charge in [-0.3, -0.25) is 0 Å². The number of aliphatic hydroxyl groups is 1. The topological polar surface area (TPSA) is 74.3 Å². The van der Waals surface area contributed by atoms with Gasteiger partial charge in [-0.25, -0.2) is 9.18 Å². The lowest BCUT2D eigenvalue weighted by Crippen LogP contribution is -2.12. The van der Waals surface area contributed by atoms with Crippen LogP contribution < -0.4 is 5.32 Å². The number of ether oxygens (including phenoxy) is 1. The number of methoxy groups -OCH3 is 1. The Morgan fingerprint density at radius 1 is 1.33 bits per heavy atom. The van der Waals surface area contributed by atoms with E-state index in [1.54, 1.807) is 24.4 Å². The monoisotopic (exact) mass is 292 g/mol. The lowest BCUT2D eigenvalue weighted by molar-refractivity contribution is 0.0595. The third-order valence-electron chi connectivity index (χ3n) is 3.09. The molecule has 21 heavy (non-hydrogen) atoms. The van der Waals surface area contributed by atoms with Crippen molar-refractivity contribution in [1.29, 1.82) is 0 Å². The summed E-state index contributed by atoms with van der Waals surface area (Å²) in [4.78, 5) is 14.1. The molecule has 112 valence electrons. The molecule has 0 aliphatic rings. The quantitative estimate of drug-likeness (QED) is 0.709. The summed E-state index contributed by atoms with van der Waals surface area (Å²) in [5.41, 5.74) is 2.48. The van der Waals surface area contributed by atoms with Crippen LogP contribution in [-0.2, 0) is 24.4 Å². The number of carbonyl (C=O) groups excluding carboxylic acids is 1. The van der Waals surface area contributed by atoms with E-state index in [1.807, 2.05) is 0 Å². The maximum atomic E-state index is 13.2. The van der Waals surface area contributed by atoms with E-state index < -0.39 is 11.8 Å². The summed E-state index contributed by atoms with van der Waals surface area (Å²) in [6, 6.07) is 6.34. The number of hydrogen-bond donors (Lipinski definition) is 3. The van der Waals surface area contributed by atoms with Crippen molar-refractivity contribution in [2.45, 2.75) is 19.7 Å². The van der Waals surface area contributed by atoms with Gasteiger partial charge in [-0.2, -0.15) is 0 Å². The minimum Gasteiger partial charge on any atom is -0.464 e. The van der Waals surface area contributed by atoms with Crippen LogP contribution in [0.15, 0.2) is 30.5 Å². The number of benzene rings is 1. The molecular weight excluding hydrogens is 275 g/mol. The Morgan fingerprint density at radius 2 is 2.10 bits per heavy atom. The zero-order valence-electron chi connectivity index (χ0n) is 11.6. The summed E-state index contributed by atoms with van der Waals surface area (Å²) in [5, 5.41) is 12.2. The van der Waals surface area contributed by atoms with E-state index in [-0.39, 0.29) is 12.2 Å².